The molecule has 0 saturated heterocycles. The standard InChI is InChI=1S/C17H24O/c18-12-17(14-4-1-2-5-14)11-13-8-9-15-6-3-7-16(15)10-13/h8-10,14,17-18H,1-7,11-12H2. The van der Waals surface area contributed by atoms with Crippen LogP contribution in [0, 0.1) is 11.8 Å². The van der Waals surface area contributed by atoms with Crippen LogP contribution in [0.3, 0.4) is 0 Å². The van der Waals surface area contributed by atoms with Gasteiger partial charge in [-0.05, 0) is 54.2 Å². The van der Waals surface area contributed by atoms with Gasteiger partial charge < -0.3 is 5.11 Å². The molecule has 1 aromatic rings. The summed E-state index contributed by atoms with van der Waals surface area (Å²) >= 11 is 0. The van der Waals surface area contributed by atoms with Crippen molar-refractivity contribution in [2.24, 2.45) is 11.8 Å². The van der Waals surface area contributed by atoms with E-state index in [9.17, 15) is 5.11 Å². The third kappa shape index (κ3) is 2.47. The summed E-state index contributed by atoms with van der Waals surface area (Å²) in [5, 5.41) is 9.64. The number of aryl methyl sites for hydroxylation is 2. The van der Waals surface area contributed by atoms with Crippen molar-refractivity contribution < 1.29 is 5.11 Å². The molecule has 0 spiro atoms. The molecule has 0 bridgehead atoms. The number of aliphatic hydroxyl groups excluding tert-OH is 1. The Balaban J connectivity index is 1.70. The predicted octanol–water partition coefficient (Wildman–Crippen LogP) is 3.52. The van der Waals surface area contributed by atoms with Gasteiger partial charge in [0.2, 0.25) is 0 Å². The molecule has 98 valence electrons. The highest BCUT2D eigenvalue weighted by Crippen LogP contribution is 2.33. The fourth-order valence-electron chi connectivity index (χ4n) is 3.86. The van der Waals surface area contributed by atoms with Crippen LogP contribution in [0.15, 0.2) is 18.2 Å². The van der Waals surface area contributed by atoms with Crippen LogP contribution in [0.5, 0.6) is 0 Å². The second-order valence-electron chi connectivity index (χ2n) is 6.15. The van der Waals surface area contributed by atoms with Gasteiger partial charge in [-0.25, -0.2) is 0 Å². The maximum Gasteiger partial charge on any atom is 0.0465 e. The number of rotatable bonds is 4. The van der Waals surface area contributed by atoms with Gasteiger partial charge in [-0.2, -0.15) is 0 Å². The first-order chi connectivity index (χ1) is 8.86. The SMILES string of the molecule is OCC(Cc1ccc2c(c1)CCC2)C1CCCC1. The Morgan fingerprint density at radius 1 is 1.06 bits per heavy atom. The number of aliphatic hydroxyl groups is 1. The van der Waals surface area contributed by atoms with Gasteiger partial charge in [0.25, 0.3) is 0 Å². The van der Waals surface area contributed by atoms with Crippen LogP contribution in [0.2, 0.25) is 0 Å². The van der Waals surface area contributed by atoms with Crippen LogP contribution < -0.4 is 0 Å². The predicted molar refractivity (Wildman–Crippen MR) is 74.7 cm³/mol. The average molecular weight is 244 g/mol. The molecule has 1 fully saturated rings. The lowest BCUT2D eigenvalue weighted by Gasteiger charge is -2.21. The van der Waals surface area contributed by atoms with Gasteiger partial charge in [0, 0.05) is 6.61 Å². The molecule has 0 aliphatic heterocycles. The van der Waals surface area contributed by atoms with Crippen molar-refractivity contribution in [1.82, 2.24) is 0 Å². The Bertz CT molecular complexity index is 404. The molecule has 2 aliphatic carbocycles. The van der Waals surface area contributed by atoms with E-state index in [0.29, 0.717) is 12.5 Å². The molecule has 0 amide bonds. The van der Waals surface area contributed by atoms with E-state index in [1.165, 1.54) is 50.5 Å². The Morgan fingerprint density at radius 2 is 1.83 bits per heavy atom. The lowest BCUT2D eigenvalue weighted by atomic mass is 9.86. The molecule has 0 aromatic heterocycles. The van der Waals surface area contributed by atoms with Crippen molar-refractivity contribution in [2.75, 3.05) is 6.61 Å². The van der Waals surface area contributed by atoms with Gasteiger partial charge in [-0.1, -0.05) is 43.9 Å². The molecule has 1 unspecified atom stereocenters. The molecule has 1 N–H and O–H groups in total. The van der Waals surface area contributed by atoms with Gasteiger partial charge in [0.05, 0.1) is 0 Å². The van der Waals surface area contributed by atoms with Gasteiger partial charge >= 0.3 is 0 Å². The van der Waals surface area contributed by atoms with Crippen molar-refractivity contribution in [3.63, 3.8) is 0 Å². The van der Waals surface area contributed by atoms with Crippen molar-refractivity contribution in [3.8, 4) is 0 Å². The fourth-order valence-corrected chi connectivity index (χ4v) is 3.86. The summed E-state index contributed by atoms with van der Waals surface area (Å²) in [7, 11) is 0. The zero-order valence-electron chi connectivity index (χ0n) is 11.2. The van der Waals surface area contributed by atoms with Gasteiger partial charge in [-0.3, -0.25) is 0 Å². The monoisotopic (exact) mass is 244 g/mol. The minimum atomic E-state index is 0.363. The molecular formula is C17H24O. The molecular weight excluding hydrogens is 220 g/mol. The quantitative estimate of drug-likeness (QED) is 0.859. The van der Waals surface area contributed by atoms with E-state index in [1.54, 1.807) is 11.1 Å². The second kappa shape index (κ2) is 5.44. The number of hydrogen-bond donors (Lipinski definition) is 1. The van der Waals surface area contributed by atoms with E-state index in [-0.39, 0.29) is 0 Å². The topological polar surface area (TPSA) is 20.2 Å². The van der Waals surface area contributed by atoms with Gasteiger partial charge in [-0.15, -0.1) is 0 Å². The lowest BCUT2D eigenvalue weighted by Crippen LogP contribution is -2.18. The molecule has 1 heteroatoms. The van der Waals surface area contributed by atoms with E-state index in [4.69, 9.17) is 0 Å². The van der Waals surface area contributed by atoms with Crippen molar-refractivity contribution in [2.45, 2.75) is 51.4 Å². The largest absolute Gasteiger partial charge is 0.396 e. The minimum absolute atomic E-state index is 0.363. The first-order valence-corrected chi connectivity index (χ1v) is 7.58. The normalized spacial score (nSPS) is 21.2. The van der Waals surface area contributed by atoms with E-state index in [0.717, 1.165) is 12.3 Å². The summed E-state index contributed by atoms with van der Waals surface area (Å²) in [4.78, 5) is 0. The summed E-state index contributed by atoms with van der Waals surface area (Å²) in [6.45, 7) is 0.363. The van der Waals surface area contributed by atoms with Gasteiger partial charge in [0.15, 0.2) is 0 Å². The van der Waals surface area contributed by atoms with Crippen LogP contribution in [-0.2, 0) is 19.3 Å². The highest BCUT2D eigenvalue weighted by Gasteiger charge is 2.24. The smallest absolute Gasteiger partial charge is 0.0465 e. The number of hydrogen-bond acceptors (Lipinski definition) is 1. The molecule has 1 atom stereocenters. The van der Waals surface area contributed by atoms with Crippen LogP contribution in [-0.4, -0.2) is 11.7 Å². The highest BCUT2D eigenvalue weighted by molar-refractivity contribution is 5.35. The number of benzene rings is 1. The first-order valence-electron chi connectivity index (χ1n) is 7.58. The molecule has 0 heterocycles. The van der Waals surface area contributed by atoms with Crippen molar-refractivity contribution >= 4 is 0 Å². The van der Waals surface area contributed by atoms with E-state index < -0.39 is 0 Å². The zero-order valence-corrected chi connectivity index (χ0v) is 11.2. The molecule has 0 radical (unpaired) electrons. The lowest BCUT2D eigenvalue weighted by molar-refractivity contribution is 0.175. The zero-order chi connectivity index (χ0) is 12.4. The van der Waals surface area contributed by atoms with Crippen LogP contribution in [0.25, 0.3) is 0 Å². The Labute approximate surface area is 110 Å². The van der Waals surface area contributed by atoms with Crippen LogP contribution in [0.4, 0.5) is 0 Å². The first kappa shape index (κ1) is 12.2. The molecule has 1 aromatic carbocycles. The average Bonchev–Trinajstić information content (AvgIpc) is 3.06. The summed E-state index contributed by atoms with van der Waals surface area (Å²) in [6.07, 6.45) is 10.3. The highest BCUT2D eigenvalue weighted by atomic mass is 16.3. The van der Waals surface area contributed by atoms with Gasteiger partial charge in [0.1, 0.15) is 0 Å². The molecule has 2 aliphatic rings. The second-order valence-corrected chi connectivity index (χ2v) is 6.15. The Morgan fingerprint density at radius 3 is 2.61 bits per heavy atom. The maximum absolute atomic E-state index is 9.64. The van der Waals surface area contributed by atoms with Crippen LogP contribution in [0.1, 0.15) is 48.8 Å². The summed E-state index contributed by atoms with van der Waals surface area (Å²) in [5.74, 6) is 1.26. The summed E-state index contributed by atoms with van der Waals surface area (Å²) in [6, 6.07) is 7.02. The van der Waals surface area contributed by atoms with Crippen molar-refractivity contribution in [1.29, 1.82) is 0 Å². The minimum Gasteiger partial charge on any atom is -0.396 e. The summed E-state index contributed by atoms with van der Waals surface area (Å²) in [5.41, 5.74) is 4.57. The third-order valence-corrected chi connectivity index (χ3v) is 4.96. The fraction of sp³-hybridized carbons (Fsp3) is 0.647. The van der Waals surface area contributed by atoms with E-state index in [1.807, 2.05) is 0 Å². The third-order valence-electron chi connectivity index (χ3n) is 4.96. The maximum atomic E-state index is 9.64. The molecule has 18 heavy (non-hydrogen) atoms. The van der Waals surface area contributed by atoms with E-state index in [2.05, 4.69) is 18.2 Å². The Hall–Kier alpha value is -0.820. The van der Waals surface area contributed by atoms with E-state index >= 15 is 0 Å². The molecule has 3 rings (SSSR count). The Kier molecular flexibility index (Phi) is 3.69. The molecule has 1 saturated carbocycles. The number of fused-ring (bicyclic) bond motifs is 1. The summed E-state index contributed by atoms with van der Waals surface area (Å²) < 4.78 is 0. The van der Waals surface area contributed by atoms with Crippen molar-refractivity contribution in [3.05, 3.63) is 34.9 Å². The molecule has 1 nitrogen and oxygen atoms in total. The van der Waals surface area contributed by atoms with Crippen LogP contribution >= 0.6 is 0 Å².